The number of alkyl halides is 2. The van der Waals surface area contributed by atoms with Gasteiger partial charge in [0, 0.05) is 17.3 Å². The number of carbonyl (C=O) groups excluding carboxylic acids is 1. The quantitative estimate of drug-likeness (QED) is 0.762. The van der Waals surface area contributed by atoms with Crippen LogP contribution in [-0.4, -0.2) is 24.7 Å². The van der Waals surface area contributed by atoms with Gasteiger partial charge in [-0.05, 0) is 19.4 Å². The van der Waals surface area contributed by atoms with Crippen LogP contribution in [0.25, 0.3) is 0 Å². The van der Waals surface area contributed by atoms with Gasteiger partial charge in [-0.2, -0.15) is 0 Å². The maximum absolute atomic E-state index is 12.8. The summed E-state index contributed by atoms with van der Waals surface area (Å²) in [4.78, 5) is 15.2. The van der Waals surface area contributed by atoms with E-state index >= 15 is 0 Å². The summed E-state index contributed by atoms with van der Waals surface area (Å²) in [6, 6.07) is 0. The van der Waals surface area contributed by atoms with Crippen molar-refractivity contribution in [3.05, 3.63) is 22.9 Å². The molecular formula is C12H15F2NO3. The summed E-state index contributed by atoms with van der Waals surface area (Å²) >= 11 is 0. The highest BCUT2D eigenvalue weighted by Crippen LogP contribution is 2.29. The fraction of sp³-hybridized carbons (Fsp3) is 0.500. The van der Waals surface area contributed by atoms with E-state index in [1.807, 2.05) is 0 Å². The molecule has 0 aliphatic carbocycles. The summed E-state index contributed by atoms with van der Waals surface area (Å²) in [5, 5.41) is 0. The van der Waals surface area contributed by atoms with Crippen LogP contribution < -0.4 is 4.74 Å². The summed E-state index contributed by atoms with van der Waals surface area (Å²) in [5.41, 5.74) is 0.389. The van der Waals surface area contributed by atoms with E-state index in [0.29, 0.717) is 5.56 Å². The molecular weight excluding hydrogens is 244 g/mol. The molecule has 1 heterocycles. The molecule has 0 aromatic carbocycles. The molecule has 0 spiro atoms. The van der Waals surface area contributed by atoms with Crippen LogP contribution >= 0.6 is 0 Å². The summed E-state index contributed by atoms with van der Waals surface area (Å²) in [5.74, 6) is -0.311. The Morgan fingerprint density at radius 3 is 2.67 bits per heavy atom. The summed E-state index contributed by atoms with van der Waals surface area (Å²) in [6.07, 6.45) is -1.87. The fourth-order valence-electron chi connectivity index (χ4n) is 1.63. The van der Waals surface area contributed by atoms with Crippen LogP contribution in [0.15, 0.2) is 6.20 Å². The van der Waals surface area contributed by atoms with Gasteiger partial charge in [-0.15, -0.1) is 0 Å². The van der Waals surface area contributed by atoms with Crippen LogP contribution in [0.3, 0.4) is 0 Å². The lowest BCUT2D eigenvalue weighted by Crippen LogP contribution is -2.12. The molecule has 0 atom stereocenters. The van der Waals surface area contributed by atoms with Crippen molar-refractivity contribution in [2.24, 2.45) is 0 Å². The number of nitrogens with zero attached hydrogens (tertiary/aromatic N) is 1. The van der Waals surface area contributed by atoms with Crippen LogP contribution in [-0.2, 0) is 16.0 Å². The number of carbonyl (C=O) groups is 1. The number of pyridine rings is 1. The number of halogens is 2. The Balaban J connectivity index is 3.15. The average molecular weight is 259 g/mol. The Hall–Kier alpha value is -1.72. The Kier molecular flexibility index (Phi) is 5.00. The molecule has 0 saturated carbocycles. The van der Waals surface area contributed by atoms with Gasteiger partial charge < -0.3 is 9.47 Å². The lowest BCUT2D eigenvalue weighted by atomic mass is 10.0. The molecule has 0 N–H and O–H groups in total. The first kappa shape index (κ1) is 14.3. The molecule has 0 radical (unpaired) electrons. The molecule has 4 nitrogen and oxygen atoms in total. The molecule has 0 unspecified atom stereocenters. The van der Waals surface area contributed by atoms with Crippen molar-refractivity contribution >= 4 is 5.97 Å². The summed E-state index contributed by atoms with van der Waals surface area (Å²) in [7, 11) is 1.39. The van der Waals surface area contributed by atoms with E-state index in [0.717, 1.165) is 6.20 Å². The smallest absolute Gasteiger partial charge is 0.310 e. The number of aromatic nitrogens is 1. The summed E-state index contributed by atoms with van der Waals surface area (Å²) in [6.45, 7) is 3.46. The zero-order valence-electron chi connectivity index (χ0n) is 10.5. The van der Waals surface area contributed by atoms with Crippen molar-refractivity contribution in [2.75, 3.05) is 13.7 Å². The van der Waals surface area contributed by atoms with Crippen LogP contribution in [0.4, 0.5) is 8.78 Å². The third-order valence-electron chi connectivity index (χ3n) is 2.50. The molecule has 0 bridgehead atoms. The molecule has 1 aromatic heterocycles. The van der Waals surface area contributed by atoms with E-state index in [2.05, 4.69) is 4.98 Å². The lowest BCUT2D eigenvalue weighted by Gasteiger charge is -2.13. The van der Waals surface area contributed by atoms with E-state index < -0.39 is 12.4 Å². The standard InChI is InChI=1S/C12H15F2NO3/c1-4-18-10(16)5-8-7(2)12(17-3)15-6-9(8)11(13)14/h6,11H,4-5H2,1-3H3. The highest BCUT2D eigenvalue weighted by Gasteiger charge is 2.21. The van der Waals surface area contributed by atoms with Gasteiger partial charge in [0.05, 0.1) is 20.1 Å². The minimum Gasteiger partial charge on any atom is -0.481 e. The van der Waals surface area contributed by atoms with Crippen LogP contribution in [0, 0.1) is 6.92 Å². The van der Waals surface area contributed by atoms with Crippen LogP contribution in [0.1, 0.15) is 30.0 Å². The number of hydrogen-bond acceptors (Lipinski definition) is 4. The number of methoxy groups -OCH3 is 1. The maximum atomic E-state index is 12.8. The average Bonchev–Trinajstić information content (AvgIpc) is 2.31. The van der Waals surface area contributed by atoms with Crippen LogP contribution in [0.2, 0.25) is 0 Å². The zero-order valence-corrected chi connectivity index (χ0v) is 10.5. The molecule has 0 aliphatic heterocycles. The Bertz CT molecular complexity index is 436. The third kappa shape index (κ3) is 3.15. The first-order valence-electron chi connectivity index (χ1n) is 5.47. The number of hydrogen-bond donors (Lipinski definition) is 0. The summed E-state index contributed by atoms with van der Waals surface area (Å²) < 4.78 is 35.4. The maximum Gasteiger partial charge on any atom is 0.310 e. The predicted molar refractivity (Wildman–Crippen MR) is 60.8 cm³/mol. The van der Waals surface area contributed by atoms with E-state index in [1.165, 1.54) is 7.11 Å². The topological polar surface area (TPSA) is 48.4 Å². The van der Waals surface area contributed by atoms with E-state index in [9.17, 15) is 13.6 Å². The van der Waals surface area contributed by atoms with E-state index in [1.54, 1.807) is 13.8 Å². The minimum atomic E-state index is -2.69. The minimum absolute atomic E-state index is 0.210. The van der Waals surface area contributed by atoms with Gasteiger partial charge in [-0.3, -0.25) is 4.79 Å². The van der Waals surface area contributed by atoms with Crippen molar-refractivity contribution in [3.63, 3.8) is 0 Å². The van der Waals surface area contributed by atoms with Crippen molar-refractivity contribution in [1.29, 1.82) is 0 Å². The van der Waals surface area contributed by atoms with Gasteiger partial charge in [0.15, 0.2) is 0 Å². The SMILES string of the molecule is CCOC(=O)Cc1c(C(F)F)cnc(OC)c1C. The highest BCUT2D eigenvalue weighted by atomic mass is 19.3. The molecule has 0 saturated heterocycles. The largest absolute Gasteiger partial charge is 0.481 e. The van der Waals surface area contributed by atoms with Crippen molar-refractivity contribution in [2.45, 2.75) is 26.7 Å². The fourth-order valence-corrected chi connectivity index (χ4v) is 1.63. The number of rotatable bonds is 5. The van der Waals surface area contributed by atoms with Gasteiger partial charge in [0.25, 0.3) is 6.43 Å². The Morgan fingerprint density at radius 2 is 2.17 bits per heavy atom. The normalized spacial score (nSPS) is 10.6. The monoisotopic (exact) mass is 259 g/mol. The second-order valence-corrected chi connectivity index (χ2v) is 3.61. The van der Waals surface area contributed by atoms with E-state index in [4.69, 9.17) is 9.47 Å². The Labute approximate surface area is 104 Å². The Morgan fingerprint density at radius 1 is 1.50 bits per heavy atom. The molecule has 1 rings (SSSR count). The molecule has 100 valence electrons. The van der Waals surface area contributed by atoms with Gasteiger partial charge >= 0.3 is 5.97 Å². The molecule has 1 aromatic rings. The second-order valence-electron chi connectivity index (χ2n) is 3.61. The van der Waals surface area contributed by atoms with Crippen molar-refractivity contribution in [1.82, 2.24) is 4.98 Å². The first-order valence-corrected chi connectivity index (χ1v) is 5.47. The molecule has 0 fully saturated rings. The van der Waals surface area contributed by atoms with Gasteiger partial charge in [-0.1, -0.05) is 0 Å². The molecule has 6 heteroatoms. The van der Waals surface area contributed by atoms with E-state index in [-0.39, 0.29) is 30.0 Å². The third-order valence-corrected chi connectivity index (χ3v) is 2.50. The molecule has 0 aliphatic rings. The van der Waals surface area contributed by atoms with Gasteiger partial charge in [-0.25, -0.2) is 13.8 Å². The zero-order chi connectivity index (χ0) is 13.7. The first-order chi connectivity index (χ1) is 8.51. The highest BCUT2D eigenvalue weighted by molar-refractivity contribution is 5.74. The molecule has 18 heavy (non-hydrogen) atoms. The van der Waals surface area contributed by atoms with Crippen molar-refractivity contribution < 1.29 is 23.0 Å². The van der Waals surface area contributed by atoms with Gasteiger partial charge in [0.2, 0.25) is 5.88 Å². The number of esters is 1. The van der Waals surface area contributed by atoms with Crippen molar-refractivity contribution in [3.8, 4) is 5.88 Å². The predicted octanol–water partition coefficient (Wildman–Crippen LogP) is 2.44. The molecule has 0 amide bonds. The number of ether oxygens (including phenoxy) is 2. The van der Waals surface area contributed by atoms with Gasteiger partial charge in [0.1, 0.15) is 0 Å². The van der Waals surface area contributed by atoms with Crippen LogP contribution in [0.5, 0.6) is 5.88 Å². The second kappa shape index (κ2) is 6.28. The lowest BCUT2D eigenvalue weighted by molar-refractivity contribution is -0.142.